The van der Waals surface area contributed by atoms with Gasteiger partial charge in [0.2, 0.25) is 0 Å². The van der Waals surface area contributed by atoms with Crippen molar-refractivity contribution in [2.75, 3.05) is 14.7 Å². The Kier molecular flexibility index (Phi) is 12.4. The summed E-state index contributed by atoms with van der Waals surface area (Å²) in [6.07, 6.45) is 4.67. The van der Waals surface area contributed by atoms with Crippen molar-refractivity contribution in [2.45, 2.75) is 181 Å². The lowest BCUT2D eigenvalue weighted by Gasteiger charge is -2.51. The van der Waals surface area contributed by atoms with Crippen LogP contribution in [0, 0.1) is 0 Å². The molecular formula is C76H86BN3. The minimum atomic E-state index is -0.200. The molecule has 12 rings (SSSR count). The summed E-state index contributed by atoms with van der Waals surface area (Å²) in [5.41, 5.74) is 26.8. The summed E-state index contributed by atoms with van der Waals surface area (Å²) in [5.74, 6) is 0. The highest BCUT2D eigenvalue weighted by Gasteiger charge is 2.58. The molecule has 3 aliphatic heterocycles. The Morgan fingerprint density at radius 2 is 0.900 bits per heavy atom. The average molecular weight is 1050 g/mol. The van der Waals surface area contributed by atoms with Crippen molar-refractivity contribution in [1.29, 1.82) is 0 Å². The van der Waals surface area contributed by atoms with Crippen LogP contribution < -0.4 is 31.1 Å². The molecule has 0 saturated heterocycles. The predicted molar refractivity (Wildman–Crippen MR) is 348 cm³/mol. The predicted octanol–water partition coefficient (Wildman–Crippen LogP) is 19.3. The van der Waals surface area contributed by atoms with Crippen LogP contribution in [0.2, 0.25) is 0 Å². The molecule has 80 heavy (non-hydrogen) atoms. The summed E-state index contributed by atoms with van der Waals surface area (Å²) >= 11 is 0. The number of hydrogen-bond donors (Lipinski definition) is 0. The van der Waals surface area contributed by atoms with Crippen LogP contribution in [0.5, 0.6) is 0 Å². The molecule has 3 heterocycles. The molecule has 4 heteroatoms. The van der Waals surface area contributed by atoms with Crippen LogP contribution in [0.4, 0.5) is 45.5 Å². The molecule has 3 nitrogen and oxygen atoms in total. The molecule has 1 fully saturated rings. The standard InChI is InChI=1S/C76H86BN3/c1-70(2,3)52-31-28-49(29-32-52)51-30-37-64-60(42-51)75(16)40-21-22-41-76(75,17)80(64)58-47-67-69-68(48-58)79(63-38-34-54(72(7,8)9)44-59(63)50-24-19-18-20-25-50)65-39-35-55(73(10,11)12)45-62(65)77(69)61-36-33-56(74(13,14)15)46-66(61)78(67)57-27-23-26-53(43-57)71(4,5)6/h18-20,23-39,42-48H,21-22,40-41H2,1-17H3. The highest BCUT2D eigenvalue weighted by atomic mass is 15.3. The second-order valence-corrected chi connectivity index (χ2v) is 29.9. The van der Waals surface area contributed by atoms with Gasteiger partial charge in [-0.3, -0.25) is 0 Å². The van der Waals surface area contributed by atoms with Gasteiger partial charge in [0.05, 0.1) is 11.2 Å². The summed E-state index contributed by atoms with van der Waals surface area (Å²) in [4.78, 5) is 8.21. The second kappa shape index (κ2) is 18.4. The molecule has 4 aliphatic rings. The zero-order chi connectivity index (χ0) is 56.9. The van der Waals surface area contributed by atoms with Gasteiger partial charge in [0.15, 0.2) is 0 Å². The molecule has 0 spiro atoms. The summed E-state index contributed by atoms with van der Waals surface area (Å²) in [6.45, 7) is 40.4. The molecule has 1 aliphatic carbocycles. The number of hydrogen-bond acceptors (Lipinski definition) is 3. The molecule has 2 atom stereocenters. The third-order valence-electron chi connectivity index (χ3n) is 19.4. The first-order valence-electron chi connectivity index (χ1n) is 30.0. The van der Waals surface area contributed by atoms with Gasteiger partial charge in [-0.1, -0.05) is 227 Å². The van der Waals surface area contributed by atoms with Crippen LogP contribution in [-0.2, 0) is 32.5 Å². The van der Waals surface area contributed by atoms with Gasteiger partial charge in [-0.15, -0.1) is 0 Å². The van der Waals surface area contributed by atoms with Crippen molar-refractivity contribution in [3.05, 3.63) is 197 Å². The Hall–Kier alpha value is -6.78. The average Bonchev–Trinajstić information content (AvgIpc) is 3.68. The fourth-order valence-corrected chi connectivity index (χ4v) is 14.2. The maximum absolute atomic E-state index is 2.84. The highest BCUT2D eigenvalue weighted by molar-refractivity contribution is 7.00. The van der Waals surface area contributed by atoms with Gasteiger partial charge >= 0.3 is 0 Å². The van der Waals surface area contributed by atoms with Gasteiger partial charge in [0.25, 0.3) is 6.71 Å². The molecule has 2 unspecified atom stereocenters. The molecule has 1 saturated carbocycles. The normalized spacial score (nSPS) is 18.9. The van der Waals surface area contributed by atoms with E-state index >= 15 is 0 Å². The second-order valence-electron chi connectivity index (χ2n) is 29.9. The number of rotatable bonds is 5. The molecule has 408 valence electrons. The monoisotopic (exact) mass is 1050 g/mol. The van der Waals surface area contributed by atoms with E-state index in [-0.39, 0.29) is 44.7 Å². The number of benzene rings is 8. The molecule has 8 aromatic carbocycles. The van der Waals surface area contributed by atoms with Crippen LogP contribution in [0.1, 0.15) is 177 Å². The van der Waals surface area contributed by atoms with Crippen molar-refractivity contribution < 1.29 is 0 Å². The Labute approximate surface area is 481 Å². The SMILES string of the molecule is CC(C)(C)c1ccc(-c2ccc3c(c2)C2(C)CCCCC2(C)N3c2cc3c4c(c2)N(c2ccc(C(C)(C)C)cc2-c2ccccc2)c2ccc(C(C)(C)C)cc2B4c2ccc(C(C)(C)C)cc2N3c2cccc(C(C)(C)C)c2)cc1. The summed E-state index contributed by atoms with van der Waals surface area (Å²) in [6, 6.07) is 65.0. The van der Waals surface area contributed by atoms with Crippen molar-refractivity contribution in [1.82, 2.24) is 0 Å². The van der Waals surface area contributed by atoms with E-state index in [1.165, 1.54) is 130 Å². The highest BCUT2D eigenvalue weighted by Crippen LogP contribution is 2.62. The molecule has 0 amide bonds. The van der Waals surface area contributed by atoms with Crippen LogP contribution in [0.25, 0.3) is 22.3 Å². The van der Waals surface area contributed by atoms with Gasteiger partial charge in [-0.05, 0) is 174 Å². The molecular weight excluding hydrogens is 966 g/mol. The van der Waals surface area contributed by atoms with Gasteiger partial charge < -0.3 is 14.7 Å². The molecule has 0 bridgehead atoms. The lowest BCUT2D eigenvalue weighted by atomic mass is 9.33. The quantitative estimate of drug-likeness (QED) is 0.159. The first-order valence-corrected chi connectivity index (χ1v) is 30.0. The summed E-state index contributed by atoms with van der Waals surface area (Å²) in [7, 11) is 0. The Balaban J connectivity index is 1.21. The fourth-order valence-electron chi connectivity index (χ4n) is 14.2. The number of nitrogens with zero attached hydrogens (tertiary/aromatic N) is 3. The zero-order valence-electron chi connectivity index (χ0n) is 51.3. The minimum Gasteiger partial charge on any atom is -0.334 e. The number of anilines is 8. The third kappa shape index (κ3) is 8.67. The van der Waals surface area contributed by atoms with Crippen molar-refractivity contribution in [2.24, 2.45) is 0 Å². The maximum atomic E-state index is 2.84. The van der Waals surface area contributed by atoms with E-state index in [4.69, 9.17) is 0 Å². The van der Waals surface area contributed by atoms with E-state index in [0.717, 1.165) is 12.8 Å². The Bertz CT molecular complexity index is 3740. The largest absolute Gasteiger partial charge is 0.334 e. The summed E-state index contributed by atoms with van der Waals surface area (Å²) in [5, 5.41) is 0. The van der Waals surface area contributed by atoms with E-state index in [9.17, 15) is 0 Å². The summed E-state index contributed by atoms with van der Waals surface area (Å²) < 4.78 is 0. The Morgan fingerprint density at radius 1 is 0.362 bits per heavy atom. The van der Waals surface area contributed by atoms with Crippen molar-refractivity contribution in [3.63, 3.8) is 0 Å². The molecule has 8 aromatic rings. The van der Waals surface area contributed by atoms with E-state index in [1.54, 1.807) is 0 Å². The van der Waals surface area contributed by atoms with E-state index in [2.05, 4.69) is 296 Å². The lowest BCUT2D eigenvalue weighted by Crippen LogP contribution is -2.62. The van der Waals surface area contributed by atoms with Gasteiger partial charge in [0, 0.05) is 50.8 Å². The smallest absolute Gasteiger partial charge is 0.252 e. The zero-order valence-corrected chi connectivity index (χ0v) is 51.3. The van der Waals surface area contributed by atoms with Crippen LogP contribution in [0.3, 0.4) is 0 Å². The van der Waals surface area contributed by atoms with Crippen molar-refractivity contribution >= 4 is 68.6 Å². The fraction of sp³-hybridized carbons (Fsp3) is 0.368. The van der Waals surface area contributed by atoms with Gasteiger partial charge in [-0.2, -0.15) is 0 Å². The molecule has 0 radical (unpaired) electrons. The lowest BCUT2D eigenvalue weighted by molar-refractivity contribution is 0.195. The van der Waals surface area contributed by atoms with Gasteiger partial charge in [0.1, 0.15) is 0 Å². The topological polar surface area (TPSA) is 9.72 Å². The molecule has 0 N–H and O–H groups in total. The van der Waals surface area contributed by atoms with E-state index in [1.807, 2.05) is 0 Å². The first kappa shape index (κ1) is 53.8. The minimum absolute atomic E-state index is 0.0312. The Morgan fingerprint density at radius 3 is 1.55 bits per heavy atom. The van der Waals surface area contributed by atoms with Gasteiger partial charge in [-0.25, -0.2) is 0 Å². The molecule has 0 aromatic heterocycles. The van der Waals surface area contributed by atoms with Crippen molar-refractivity contribution in [3.8, 4) is 22.3 Å². The van der Waals surface area contributed by atoms with Crippen LogP contribution in [0.15, 0.2) is 164 Å². The van der Waals surface area contributed by atoms with Crippen LogP contribution >= 0.6 is 0 Å². The first-order chi connectivity index (χ1) is 37.6. The third-order valence-corrected chi connectivity index (χ3v) is 19.4. The maximum Gasteiger partial charge on any atom is 0.252 e. The van der Waals surface area contributed by atoms with E-state index in [0.29, 0.717) is 0 Å². The number of fused-ring (bicyclic) bond motifs is 7. The van der Waals surface area contributed by atoms with Crippen LogP contribution in [-0.4, -0.2) is 12.3 Å². The van der Waals surface area contributed by atoms with E-state index < -0.39 is 0 Å².